The number of amides is 1. The number of carbonyl (C=O) groups excluding carboxylic acids is 1. The molecule has 1 aliphatic rings. The summed E-state index contributed by atoms with van der Waals surface area (Å²) in [7, 11) is 0. The van der Waals surface area contributed by atoms with Crippen LogP contribution in [0.25, 0.3) is 0 Å². The first-order chi connectivity index (χ1) is 11.2. The third kappa shape index (κ3) is 3.58. The molecule has 23 heavy (non-hydrogen) atoms. The number of hydrogen-bond acceptors (Lipinski definition) is 2. The van der Waals surface area contributed by atoms with Crippen LogP contribution in [0, 0.1) is 5.92 Å². The van der Waals surface area contributed by atoms with Crippen LogP contribution in [0.4, 0.5) is 0 Å². The first kappa shape index (κ1) is 16.1. The Morgan fingerprint density at radius 2 is 2.04 bits per heavy atom. The molecule has 1 fully saturated rings. The molecule has 3 rings (SSSR count). The SMILES string of the molecule is CCc1nccn1CC1CCN(C(=O)c2ccccc2Cl)CC1. The lowest BCUT2D eigenvalue weighted by atomic mass is 9.96. The van der Waals surface area contributed by atoms with Crippen molar-refractivity contribution in [2.75, 3.05) is 13.1 Å². The van der Waals surface area contributed by atoms with E-state index in [0.29, 0.717) is 16.5 Å². The van der Waals surface area contributed by atoms with Gasteiger partial charge in [-0.2, -0.15) is 0 Å². The van der Waals surface area contributed by atoms with E-state index in [0.717, 1.165) is 44.7 Å². The smallest absolute Gasteiger partial charge is 0.255 e. The van der Waals surface area contributed by atoms with Crippen LogP contribution in [-0.2, 0) is 13.0 Å². The van der Waals surface area contributed by atoms with Crippen LogP contribution in [0.15, 0.2) is 36.7 Å². The summed E-state index contributed by atoms with van der Waals surface area (Å²) in [5, 5.41) is 0.533. The van der Waals surface area contributed by atoms with Crippen molar-refractivity contribution in [3.05, 3.63) is 53.1 Å². The maximum Gasteiger partial charge on any atom is 0.255 e. The van der Waals surface area contributed by atoms with Gasteiger partial charge < -0.3 is 9.47 Å². The number of halogens is 1. The lowest BCUT2D eigenvalue weighted by Crippen LogP contribution is -2.39. The Bertz CT molecular complexity index is 674. The molecule has 1 aromatic heterocycles. The van der Waals surface area contributed by atoms with Crippen LogP contribution in [0.1, 0.15) is 35.9 Å². The molecule has 0 radical (unpaired) electrons. The Morgan fingerprint density at radius 3 is 2.74 bits per heavy atom. The zero-order chi connectivity index (χ0) is 16.2. The molecule has 2 heterocycles. The average molecular weight is 332 g/mol. The third-order valence-corrected chi connectivity index (χ3v) is 4.91. The highest BCUT2D eigenvalue weighted by atomic mass is 35.5. The van der Waals surface area contributed by atoms with Gasteiger partial charge in [0.25, 0.3) is 5.91 Å². The fourth-order valence-corrected chi connectivity index (χ4v) is 3.44. The Kier molecular flexibility index (Phi) is 5.01. The molecular weight excluding hydrogens is 310 g/mol. The number of benzene rings is 1. The molecule has 1 aliphatic heterocycles. The fraction of sp³-hybridized carbons (Fsp3) is 0.444. The van der Waals surface area contributed by atoms with Crippen LogP contribution in [0.3, 0.4) is 0 Å². The number of carbonyl (C=O) groups is 1. The summed E-state index contributed by atoms with van der Waals surface area (Å²) in [4.78, 5) is 18.9. The van der Waals surface area contributed by atoms with E-state index in [2.05, 4.69) is 22.7 Å². The van der Waals surface area contributed by atoms with E-state index in [-0.39, 0.29) is 5.91 Å². The topological polar surface area (TPSA) is 38.1 Å². The lowest BCUT2D eigenvalue weighted by molar-refractivity contribution is 0.0682. The minimum absolute atomic E-state index is 0.0472. The maximum atomic E-state index is 12.6. The van der Waals surface area contributed by atoms with E-state index in [9.17, 15) is 4.79 Å². The van der Waals surface area contributed by atoms with Crippen molar-refractivity contribution >= 4 is 17.5 Å². The molecule has 4 nitrogen and oxygen atoms in total. The normalized spacial score (nSPS) is 15.8. The Labute approximate surface area is 142 Å². The van der Waals surface area contributed by atoms with Crippen molar-refractivity contribution in [3.8, 4) is 0 Å². The molecule has 0 unspecified atom stereocenters. The Balaban J connectivity index is 1.58. The van der Waals surface area contributed by atoms with Crippen molar-refractivity contribution in [1.29, 1.82) is 0 Å². The maximum absolute atomic E-state index is 12.6. The number of likely N-dealkylation sites (tertiary alicyclic amines) is 1. The highest BCUT2D eigenvalue weighted by molar-refractivity contribution is 6.33. The van der Waals surface area contributed by atoms with Crippen LogP contribution in [0.2, 0.25) is 5.02 Å². The van der Waals surface area contributed by atoms with Gasteiger partial charge in [-0.3, -0.25) is 4.79 Å². The summed E-state index contributed by atoms with van der Waals surface area (Å²) in [5.41, 5.74) is 0.607. The molecule has 1 saturated heterocycles. The molecular formula is C18H22ClN3O. The molecule has 122 valence electrons. The molecule has 1 aromatic carbocycles. The van der Waals surface area contributed by atoms with Crippen LogP contribution < -0.4 is 0 Å². The minimum Gasteiger partial charge on any atom is -0.339 e. The first-order valence-corrected chi connectivity index (χ1v) is 8.60. The molecule has 0 aliphatic carbocycles. The number of imidazole rings is 1. The van der Waals surface area contributed by atoms with Crippen molar-refractivity contribution in [3.63, 3.8) is 0 Å². The second-order valence-corrected chi connectivity index (χ2v) is 6.47. The highest BCUT2D eigenvalue weighted by Gasteiger charge is 2.25. The largest absolute Gasteiger partial charge is 0.339 e. The summed E-state index contributed by atoms with van der Waals surface area (Å²) in [5.74, 6) is 1.79. The van der Waals surface area contributed by atoms with Gasteiger partial charge in [0.1, 0.15) is 5.82 Å². The lowest BCUT2D eigenvalue weighted by Gasteiger charge is -2.32. The van der Waals surface area contributed by atoms with E-state index in [1.165, 1.54) is 0 Å². The number of aryl methyl sites for hydroxylation is 1. The quantitative estimate of drug-likeness (QED) is 0.857. The molecule has 0 N–H and O–H groups in total. The second kappa shape index (κ2) is 7.18. The van der Waals surface area contributed by atoms with E-state index in [1.54, 1.807) is 12.1 Å². The van der Waals surface area contributed by atoms with Crippen molar-refractivity contribution < 1.29 is 4.79 Å². The van der Waals surface area contributed by atoms with E-state index in [1.807, 2.05) is 23.2 Å². The minimum atomic E-state index is 0.0472. The number of hydrogen-bond donors (Lipinski definition) is 0. The van der Waals surface area contributed by atoms with Crippen molar-refractivity contribution in [2.45, 2.75) is 32.7 Å². The van der Waals surface area contributed by atoms with Crippen molar-refractivity contribution in [2.24, 2.45) is 5.92 Å². The predicted octanol–water partition coefficient (Wildman–Crippen LogP) is 3.65. The monoisotopic (exact) mass is 331 g/mol. The summed E-state index contributed by atoms with van der Waals surface area (Å²) >= 11 is 6.14. The van der Waals surface area contributed by atoms with Gasteiger partial charge in [-0.1, -0.05) is 30.7 Å². The number of piperidine rings is 1. The van der Waals surface area contributed by atoms with Crippen LogP contribution in [0.5, 0.6) is 0 Å². The van der Waals surface area contributed by atoms with Crippen LogP contribution >= 0.6 is 11.6 Å². The third-order valence-electron chi connectivity index (χ3n) is 4.58. The molecule has 0 bridgehead atoms. The number of nitrogens with zero attached hydrogens (tertiary/aromatic N) is 3. The van der Waals surface area contributed by atoms with Gasteiger partial charge in [-0.15, -0.1) is 0 Å². The summed E-state index contributed by atoms with van der Waals surface area (Å²) in [6.45, 7) is 4.72. The zero-order valence-electron chi connectivity index (χ0n) is 13.4. The van der Waals surface area contributed by atoms with Gasteiger partial charge in [0.2, 0.25) is 0 Å². The van der Waals surface area contributed by atoms with Crippen molar-refractivity contribution in [1.82, 2.24) is 14.5 Å². The molecule has 5 heteroatoms. The van der Waals surface area contributed by atoms with Gasteiger partial charge in [0, 0.05) is 38.4 Å². The Hall–Kier alpha value is -1.81. The Morgan fingerprint density at radius 1 is 1.30 bits per heavy atom. The van der Waals surface area contributed by atoms with Gasteiger partial charge in [0.15, 0.2) is 0 Å². The average Bonchev–Trinajstić information content (AvgIpc) is 3.02. The zero-order valence-corrected chi connectivity index (χ0v) is 14.2. The molecule has 0 atom stereocenters. The summed E-state index contributed by atoms with van der Waals surface area (Å²) in [6, 6.07) is 7.28. The first-order valence-electron chi connectivity index (χ1n) is 8.23. The van der Waals surface area contributed by atoms with E-state index < -0.39 is 0 Å². The van der Waals surface area contributed by atoms with Gasteiger partial charge in [0.05, 0.1) is 10.6 Å². The van der Waals surface area contributed by atoms with Crippen LogP contribution in [-0.4, -0.2) is 33.4 Å². The predicted molar refractivity (Wildman–Crippen MR) is 91.7 cm³/mol. The summed E-state index contributed by atoms with van der Waals surface area (Å²) < 4.78 is 2.25. The number of aromatic nitrogens is 2. The van der Waals surface area contributed by atoms with Gasteiger partial charge in [-0.05, 0) is 30.9 Å². The molecule has 0 saturated carbocycles. The molecule has 0 spiro atoms. The fourth-order valence-electron chi connectivity index (χ4n) is 3.22. The number of rotatable bonds is 4. The highest BCUT2D eigenvalue weighted by Crippen LogP contribution is 2.23. The van der Waals surface area contributed by atoms with Gasteiger partial charge >= 0.3 is 0 Å². The van der Waals surface area contributed by atoms with Gasteiger partial charge in [-0.25, -0.2) is 4.98 Å². The molecule has 2 aromatic rings. The van der Waals surface area contributed by atoms with E-state index >= 15 is 0 Å². The molecule has 1 amide bonds. The second-order valence-electron chi connectivity index (χ2n) is 6.06. The summed E-state index contributed by atoms with van der Waals surface area (Å²) in [6.07, 6.45) is 6.93. The van der Waals surface area contributed by atoms with E-state index in [4.69, 9.17) is 11.6 Å². The standard InChI is InChI=1S/C18H22ClN3O/c1-2-17-20-9-12-22(17)13-14-7-10-21(11-8-14)18(23)15-5-3-4-6-16(15)19/h3-6,9,12,14H,2,7-8,10-11,13H2,1H3.